The van der Waals surface area contributed by atoms with Crippen molar-refractivity contribution < 1.29 is 14.3 Å². The first-order chi connectivity index (χ1) is 16.0. The zero-order valence-corrected chi connectivity index (χ0v) is 20.0. The number of urea groups is 1. The van der Waals surface area contributed by atoms with Crippen LogP contribution >= 0.6 is 0 Å². The number of rotatable bonds is 9. The van der Waals surface area contributed by atoms with Crippen LogP contribution in [0, 0.1) is 0 Å². The highest BCUT2D eigenvalue weighted by Gasteiger charge is 2.48. The second-order valence-electron chi connectivity index (χ2n) is 9.02. The van der Waals surface area contributed by atoms with Crippen LogP contribution in [0.25, 0.3) is 0 Å². The number of likely N-dealkylation sites (N-methyl/N-ethyl adjacent to an activating group) is 1. The number of amidine groups is 1. The number of carbonyl (C=O) groups is 2. The summed E-state index contributed by atoms with van der Waals surface area (Å²) >= 11 is 0. The van der Waals surface area contributed by atoms with Crippen LogP contribution < -0.4 is 15.0 Å². The SMILES string of the molecule is CCCCCCN1C(CN2CCN(c3ccc(OC)cc3)CC2)=NC2C1C(=O)NC(=O)N2C. The van der Waals surface area contributed by atoms with Crippen molar-refractivity contribution in [3.63, 3.8) is 0 Å². The Morgan fingerprint density at radius 1 is 1.06 bits per heavy atom. The maximum absolute atomic E-state index is 12.7. The molecule has 0 aliphatic carbocycles. The lowest BCUT2D eigenvalue weighted by Crippen LogP contribution is -2.64. The molecule has 0 aromatic heterocycles. The minimum atomic E-state index is -0.437. The van der Waals surface area contributed by atoms with Crippen molar-refractivity contribution in [3.8, 4) is 5.75 Å². The van der Waals surface area contributed by atoms with Crippen LogP contribution in [0.4, 0.5) is 10.5 Å². The molecule has 1 N–H and O–H groups in total. The van der Waals surface area contributed by atoms with E-state index >= 15 is 0 Å². The number of aliphatic imine (C=N–C) groups is 1. The van der Waals surface area contributed by atoms with Crippen LogP contribution in [-0.2, 0) is 4.79 Å². The molecule has 2 saturated heterocycles. The molecule has 4 rings (SSSR count). The van der Waals surface area contributed by atoms with Gasteiger partial charge in [-0.05, 0) is 30.7 Å². The number of anilines is 1. The van der Waals surface area contributed by atoms with Gasteiger partial charge in [0.15, 0.2) is 12.2 Å². The summed E-state index contributed by atoms with van der Waals surface area (Å²) in [5.74, 6) is 1.56. The largest absolute Gasteiger partial charge is 0.497 e. The van der Waals surface area contributed by atoms with Gasteiger partial charge >= 0.3 is 6.03 Å². The first-order valence-corrected chi connectivity index (χ1v) is 12.0. The van der Waals surface area contributed by atoms with Crippen molar-refractivity contribution in [2.24, 2.45) is 4.99 Å². The number of methoxy groups -OCH3 is 1. The summed E-state index contributed by atoms with van der Waals surface area (Å²) in [6, 6.07) is 7.40. The topological polar surface area (TPSA) is 80.7 Å². The van der Waals surface area contributed by atoms with Gasteiger partial charge in [-0.3, -0.25) is 15.0 Å². The summed E-state index contributed by atoms with van der Waals surface area (Å²) < 4.78 is 5.26. The Bertz CT molecular complexity index is 865. The number of nitrogens with one attached hydrogen (secondary N) is 1. The average Bonchev–Trinajstić information content (AvgIpc) is 3.19. The third-order valence-corrected chi connectivity index (χ3v) is 6.87. The highest BCUT2D eigenvalue weighted by molar-refractivity contribution is 6.04. The zero-order chi connectivity index (χ0) is 23.4. The molecule has 2 unspecified atom stereocenters. The molecule has 1 aromatic rings. The second kappa shape index (κ2) is 10.4. The molecule has 3 aliphatic rings. The van der Waals surface area contributed by atoms with Crippen LogP contribution in [0.2, 0.25) is 0 Å². The third-order valence-electron chi connectivity index (χ3n) is 6.87. The fourth-order valence-electron chi connectivity index (χ4n) is 4.85. The number of amides is 3. The van der Waals surface area contributed by atoms with E-state index < -0.39 is 12.2 Å². The molecule has 0 saturated carbocycles. The summed E-state index contributed by atoms with van der Waals surface area (Å²) in [6.45, 7) is 7.40. The maximum atomic E-state index is 12.7. The number of unbranched alkanes of at least 4 members (excludes halogenated alkanes) is 3. The van der Waals surface area contributed by atoms with E-state index in [9.17, 15) is 9.59 Å². The molecule has 3 aliphatic heterocycles. The monoisotopic (exact) mass is 456 g/mol. The Balaban J connectivity index is 1.40. The van der Waals surface area contributed by atoms with Gasteiger partial charge in [0.05, 0.1) is 13.7 Å². The van der Waals surface area contributed by atoms with E-state index in [1.165, 1.54) is 18.5 Å². The number of ether oxygens (including phenoxy) is 1. The highest BCUT2D eigenvalue weighted by Crippen LogP contribution is 2.26. The van der Waals surface area contributed by atoms with Crippen molar-refractivity contribution >= 4 is 23.5 Å². The Hall–Kier alpha value is -2.81. The Labute approximate surface area is 196 Å². The number of hydrogen-bond acceptors (Lipinski definition) is 7. The van der Waals surface area contributed by atoms with Gasteiger partial charge in [0.25, 0.3) is 5.91 Å². The lowest BCUT2D eigenvalue weighted by atomic mass is 10.1. The molecule has 2 fully saturated rings. The standard InChI is InChI=1S/C24H36N6O3/c1-4-5-6-7-12-30-20(25-22-21(30)23(31)26-24(32)27(22)2)17-28-13-15-29(16-14-28)18-8-10-19(33-3)11-9-18/h8-11,21-22H,4-7,12-17H2,1-3H3,(H,26,31,32). The molecule has 0 bridgehead atoms. The molecule has 0 radical (unpaired) electrons. The van der Waals surface area contributed by atoms with Gasteiger partial charge in [0, 0.05) is 45.5 Å². The number of carbonyl (C=O) groups excluding carboxylic acids is 2. The predicted molar refractivity (Wildman–Crippen MR) is 129 cm³/mol. The van der Waals surface area contributed by atoms with E-state index in [4.69, 9.17) is 9.73 Å². The number of hydrogen-bond donors (Lipinski definition) is 1. The maximum Gasteiger partial charge on any atom is 0.325 e. The van der Waals surface area contributed by atoms with E-state index in [1.54, 1.807) is 19.1 Å². The van der Waals surface area contributed by atoms with Crippen LogP contribution in [0.15, 0.2) is 29.3 Å². The fraction of sp³-hybridized carbons (Fsp3) is 0.625. The average molecular weight is 457 g/mol. The van der Waals surface area contributed by atoms with Crippen molar-refractivity contribution in [1.82, 2.24) is 20.0 Å². The number of nitrogens with zero attached hydrogens (tertiary/aromatic N) is 5. The van der Waals surface area contributed by atoms with Crippen LogP contribution in [0.3, 0.4) is 0 Å². The van der Waals surface area contributed by atoms with Gasteiger partial charge in [0.2, 0.25) is 0 Å². The summed E-state index contributed by atoms with van der Waals surface area (Å²) in [5.41, 5.74) is 1.20. The minimum Gasteiger partial charge on any atom is -0.497 e. The second-order valence-corrected chi connectivity index (χ2v) is 9.02. The lowest BCUT2D eigenvalue weighted by Gasteiger charge is -2.38. The van der Waals surface area contributed by atoms with Gasteiger partial charge < -0.3 is 19.4 Å². The molecule has 0 spiro atoms. The zero-order valence-electron chi connectivity index (χ0n) is 20.0. The van der Waals surface area contributed by atoms with Crippen molar-refractivity contribution in [3.05, 3.63) is 24.3 Å². The quantitative estimate of drug-likeness (QED) is 0.573. The van der Waals surface area contributed by atoms with E-state index in [0.717, 1.165) is 57.2 Å². The molecule has 2 atom stereocenters. The molecule has 9 heteroatoms. The molecular weight excluding hydrogens is 420 g/mol. The molecule has 9 nitrogen and oxygen atoms in total. The molecule has 33 heavy (non-hydrogen) atoms. The summed E-state index contributed by atoms with van der Waals surface area (Å²) in [4.78, 5) is 38.2. The summed E-state index contributed by atoms with van der Waals surface area (Å²) in [7, 11) is 3.40. The normalized spacial score (nSPS) is 23.5. The lowest BCUT2D eigenvalue weighted by molar-refractivity contribution is -0.127. The Kier molecular flexibility index (Phi) is 7.37. The van der Waals surface area contributed by atoms with Crippen LogP contribution in [0.1, 0.15) is 32.6 Å². The van der Waals surface area contributed by atoms with E-state index in [0.29, 0.717) is 6.54 Å². The van der Waals surface area contributed by atoms with Gasteiger partial charge in [-0.25, -0.2) is 9.79 Å². The van der Waals surface area contributed by atoms with E-state index in [2.05, 4.69) is 39.1 Å². The molecule has 3 amide bonds. The molecular formula is C24H36N6O3. The van der Waals surface area contributed by atoms with Crippen molar-refractivity contribution in [2.45, 2.75) is 44.8 Å². The van der Waals surface area contributed by atoms with Crippen LogP contribution in [-0.4, -0.2) is 98.1 Å². The molecule has 3 heterocycles. The summed E-state index contributed by atoms with van der Waals surface area (Å²) in [5, 5.41) is 2.49. The number of benzene rings is 1. The number of piperazine rings is 1. The Morgan fingerprint density at radius 2 is 1.79 bits per heavy atom. The molecule has 1 aromatic carbocycles. The summed E-state index contributed by atoms with van der Waals surface area (Å²) in [6.07, 6.45) is 4.07. The fourth-order valence-corrected chi connectivity index (χ4v) is 4.85. The van der Waals surface area contributed by atoms with Gasteiger partial charge in [-0.2, -0.15) is 0 Å². The van der Waals surface area contributed by atoms with Gasteiger partial charge in [-0.1, -0.05) is 26.2 Å². The Morgan fingerprint density at radius 3 is 2.45 bits per heavy atom. The minimum absolute atomic E-state index is 0.235. The highest BCUT2D eigenvalue weighted by atomic mass is 16.5. The first kappa shape index (κ1) is 23.4. The van der Waals surface area contributed by atoms with Crippen molar-refractivity contribution in [2.75, 3.05) is 58.3 Å². The number of imide groups is 1. The van der Waals surface area contributed by atoms with E-state index in [-0.39, 0.29) is 11.9 Å². The predicted octanol–water partition coefficient (Wildman–Crippen LogP) is 1.99. The van der Waals surface area contributed by atoms with Crippen LogP contribution in [0.5, 0.6) is 5.75 Å². The van der Waals surface area contributed by atoms with Gasteiger partial charge in [0.1, 0.15) is 11.6 Å². The van der Waals surface area contributed by atoms with Gasteiger partial charge in [-0.15, -0.1) is 0 Å². The van der Waals surface area contributed by atoms with E-state index in [1.807, 2.05) is 12.1 Å². The molecule has 180 valence electrons. The van der Waals surface area contributed by atoms with Crippen molar-refractivity contribution in [1.29, 1.82) is 0 Å². The third kappa shape index (κ3) is 5.08. The number of fused-ring (bicyclic) bond motifs is 1. The smallest absolute Gasteiger partial charge is 0.325 e. The first-order valence-electron chi connectivity index (χ1n) is 12.0.